The zero-order valence-electron chi connectivity index (χ0n) is 8.56. The Bertz CT molecular complexity index is 465. The number of hydrogen-bond acceptors (Lipinski definition) is 5. The summed E-state index contributed by atoms with van der Waals surface area (Å²) in [5.41, 5.74) is -1.42. The number of esters is 1. The Morgan fingerprint density at radius 1 is 1.62 bits per heavy atom. The molecule has 1 rings (SSSR count). The monoisotopic (exact) mass is 226 g/mol. The maximum atomic E-state index is 11.3. The molecule has 1 aromatic heterocycles. The Balaban J connectivity index is 3.02. The van der Waals surface area contributed by atoms with Crippen LogP contribution in [-0.4, -0.2) is 22.5 Å². The fourth-order valence-corrected chi connectivity index (χ4v) is 1.00. The number of hydrogen-bond donors (Lipinski definition) is 1. The summed E-state index contributed by atoms with van der Waals surface area (Å²) in [4.78, 5) is 34.4. The summed E-state index contributed by atoms with van der Waals surface area (Å²) in [5.74, 6) is -0.855. The molecule has 0 aliphatic rings. The Labute approximate surface area is 90.2 Å². The molecule has 0 saturated heterocycles. The molecule has 0 saturated carbocycles. The van der Waals surface area contributed by atoms with E-state index in [1.807, 2.05) is 0 Å². The van der Waals surface area contributed by atoms with Crippen molar-refractivity contribution < 1.29 is 14.5 Å². The van der Waals surface area contributed by atoms with Crippen LogP contribution in [0.2, 0.25) is 0 Å². The predicted octanol–water partition coefficient (Wildman–Crippen LogP) is 0.850. The van der Waals surface area contributed by atoms with E-state index in [2.05, 4.69) is 4.98 Å². The average molecular weight is 226 g/mol. The van der Waals surface area contributed by atoms with Gasteiger partial charge in [-0.25, -0.2) is 4.79 Å². The van der Waals surface area contributed by atoms with Gasteiger partial charge in [-0.2, -0.15) is 0 Å². The molecule has 16 heavy (non-hydrogen) atoms. The van der Waals surface area contributed by atoms with E-state index in [1.165, 1.54) is 0 Å². The van der Waals surface area contributed by atoms with Crippen LogP contribution in [0.5, 0.6) is 0 Å². The van der Waals surface area contributed by atoms with E-state index in [4.69, 9.17) is 4.74 Å². The fourth-order valence-electron chi connectivity index (χ4n) is 1.00. The SMILES string of the molecule is CCCOC(=O)c1cc([N+](=O)[O-])c[nH]c1=O. The standard InChI is InChI=1S/C9H10N2O5/c1-2-3-16-9(13)7-4-6(11(14)15)5-10-8(7)12/h4-5H,2-3H2,1H3,(H,10,12). The molecule has 0 aliphatic carbocycles. The minimum atomic E-state index is -0.855. The summed E-state index contributed by atoms with van der Waals surface area (Å²) in [6.07, 6.45) is 1.54. The zero-order chi connectivity index (χ0) is 12.1. The van der Waals surface area contributed by atoms with Crippen LogP contribution in [0.1, 0.15) is 23.7 Å². The van der Waals surface area contributed by atoms with E-state index < -0.39 is 16.5 Å². The Morgan fingerprint density at radius 2 is 2.31 bits per heavy atom. The lowest BCUT2D eigenvalue weighted by Gasteiger charge is -2.01. The third-order valence-corrected chi connectivity index (χ3v) is 1.76. The van der Waals surface area contributed by atoms with Gasteiger partial charge < -0.3 is 9.72 Å². The van der Waals surface area contributed by atoms with Crippen LogP contribution >= 0.6 is 0 Å². The highest BCUT2D eigenvalue weighted by Gasteiger charge is 2.16. The third kappa shape index (κ3) is 2.66. The van der Waals surface area contributed by atoms with Crippen LogP contribution in [0, 0.1) is 10.1 Å². The van der Waals surface area contributed by atoms with Gasteiger partial charge in [-0.15, -0.1) is 0 Å². The van der Waals surface area contributed by atoms with Crippen molar-refractivity contribution in [2.45, 2.75) is 13.3 Å². The molecule has 1 heterocycles. The lowest BCUT2D eigenvalue weighted by atomic mass is 10.2. The summed E-state index contributed by atoms with van der Waals surface area (Å²) < 4.78 is 4.71. The van der Waals surface area contributed by atoms with E-state index >= 15 is 0 Å². The van der Waals surface area contributed by atoms with Crippen molar-refractivity contribution in [2.75, 3.05) is 6.61 Å². The molecule has 1 aromatic rings. The van der Waals surface area contributed by atoms with Crippen molar-refractivity contribution in [2.24, 2.45) is 0 Å². The molecule has 0 aromatic carbocycles. The van der Waals surface area contributed by atoms with Gasteiger partial charge in [-0.3, -0.25) is 14.9 Å². The van der Waals surface area contributed by atoms with E-state index in [0.717, 1.165) is 12.3 Å². The second-order valence-electron chi connectivity index (χ2n) is 2.99. The number of pyridine rings is 1. The second kappa shape index (κ2) is 5.06. The van der Waals surface area contributed by atoms with Crippen molar-refractivity contribution in [1.82, 2.24) is 4.98 Å². The minimum Gasteiger partial charge on any atom is -0.462 e. The first kappa shape index (κ1) is 11.9. The van der Waals surface area contributed by atoms with Gasteiger partial charge >= 0.3 is 5.97 Å². The quantitative estimate of drug-likeness (QED) is 0.465. The van der Waals surface area contributed by atoms with Gasteiger partial charge in [0.25, 0.3) is 11.2 Å². The average Bonchev–Trinajstić information content (AvgIpc) is 2.26. The fraction of sp³-hybridized carbons (Fsp3) is 0.333. The number of nitro groups is 1. The van der Waals surface area contributed by atoms with Crippen LogP contribution in [0.4, 0.5) is 5.69 Å². The van der Waals surface area contributed by atoms with Gasteiger partial charge in [0, 0.05) is 6.07 Å². The molecule has 7 heteroatoms. The van der Waals surface area contributed by atoms with Gasteiger partial charge in [0.05, 0.1) is 17.7 Å². The summed E-state index contributed by atoms with van der Waals surface area (Å²) in [5, 5.41) is 10.4. The first-order chi connectivity index (χ1) is 7.56. The second-order valence-corrected chi connectivity index (χ2v) is 2.99. The number of aromatic nitrogens is 1. The van der Waals surface area contributed by atoms with Gasteiger partial charge in [-0.1, -0.05) is 6.92 Å². The molecule has 0 fully saturated rings. The van der Waals surface area contributed by atoms with Crippen molar-refractivity contribution in [1.29, 1.82) is 0 Å². The van der Waals surface area contributed by atoms with Crippen LogP contribution in [0.15, 0.2) is 17.1 Å². The topological polar surface area (TPSA) is 102 Å². The predicted molar refractivity (Wildman–Crippen MR) is 54.3 cm³/mol. The lowest BCUT2D eigenvalue weighted by molar-refractivity contribution is -0.385. The molecule has 1 N–H and O–H groups in total. The molecular weight excluding hydrogens is 216 g/mol. The van der Waals surface area contributed by atoms with E-state index in [0.29, 0.717) is 6.42 Å². The normalized spacial score (nSPS) is 9.81. The number of aromatic amines is 1. The minimum absolute atomic E-state index is 0.168. The molecule has 0 spiro atoms. The molecular formula is C9H10N2O5. The smallest absolute Gasteiger partial charge is 0.344 e. The Morgan fingerprint density at radius 3 is 2.88 bits per heavy atom. The number of H-pyrrole nitrogens is 1. The van der Waals surface area contributed by atoms with Crippen molar-refractivity contribution in [3.05, 3.63) is 38.3 Å². The lowest BCUT2D eigenvalue weighted by Crippen LogP contribution is -2.19. The maximum absolute atomic E-state index is 11.3. The number of carbonyl (C=O) groups excluding carboxylic acids is 1. The molecule has 0 bridgehead atoms. The molecule has 0 aliphatic heterocycles. The number of ether oxygens (including phenoxy) is 1. The number of nitrogens with zero attached hydrogens (tertiary/aromatic N) is 1. The van der Waals surface area contributed by atoms with Crippen LogP contribution in [0.3, 0.4) is 0 Å². The summed E-state index contributed by atoms with van der Waals surface area (Å²) >= 11 is 0. The third-order valence-electron chi connectivity index (χ3n) is 1.76. The van der Waals surface area contributed by atoms with Crippen molar-refractivity contribution in [3.63, 3.8) is 0 Å². The Kier molecular flexibility index (Phi) is 3.76. The number of nitrogens with one attached hydrogen (secondary N) is 1. The summed E-state index contributed by atoms with van der Waals surface area (Å²) in [6, 6.07) is 0.900. The highest BCUT2D eigenvalue weighted by atomic mass is 16.6. The van der Waals surface area contributed by atoms with Crippen LogP contribution in [-0.2, 0) is 4.74 Å². The number of carbonyl (C=O) groups is 1. The van der Waals surface area contributed by atoms with E-state index in [-0.39, 0.29) is 17.9 Å². The molecule has 86 valence electrons. The summed E-state index contributed by atoms with van der Waals surface area (Å²) in [6.45, 7) is 1.96. The number of rotatable bonds is 4. The summed E-state index contributed by atoms with van der Waals surface area (Å²) in [7, 11) is 0. The molecule has 7 nitrogen and oxygen atoms in total. The molecule has 0 atom stereocenters. The highest BCUT2D eigenvalue weighted by Crippen LogP contribution is 2.08. The van der Waals surface area contributed by atoms with Gasteiger partial charge in [0.15, 0.2) is 0 Å². The molecule has 0 amide bonds. The highest BCUT2D eigenvalue weighted by molar-refractivity contribution is 5.89. The van der Waals surface area contributed by atoms with Crippen LogP contribution < -0.4 is 5.56 Å². The van der Waals surface area contributed by atoms with E-state index in [9.17, 15) is 19.7 Å². The Hall–Kier alpha value is -2.18. The first-order valence-corrected chi connectivity index (χ1v) is 4.60. The van der Waals surface area contributed by atoms with E-state index in [1.54, 1.807) is 6.92 Å². The molecule has 0 radical (unpaired) electrons. The van der Waals surface area contributed by atoms with Gasteiger partial charge in [0.2, 0.25) is 0 Å². The maximum Gasteiger partial charge on any atom is 0.344 e. The zero-order valence-corrected chi connectivity index (χ0v) is 8.56. The van der Waals surface area contributed by atoms with Gasteiger partial charge in [0.1, 0.15) is 5.56 Å². The van der Waals surface area contributed by atoms with Crippen molar-refractivity contribution in [3.8, 4) is 0 Å². The van der Waals surface area contributed by atoms with Crippen molar-refractivity contribution >= 4 is 11.7 Å². The largest absolute Gasteiger partial charge is 0.462 e. The molecule has 0 unspecified atom stereocenters. The van der Waals surface area contributed by atoms with Crippen LogP contribution in [0.25, 0.3) is 0 Å². The first-order valence-electron chi connectivity index (χ1n) is 4.60. The van der Waals surface area contributed by atoms with Gasteiger partial charge in [-0.05, 0) is 6.42 Å².